The Balaban J connectivity index is 1.89. The maximum atomic E-state index is 12.2. The Kier molecular flexibility index (Phi) is 6.99. The fourth-order valence-electron chi connectivity index (χ4n) is 2.32. The first-order chi connectivity index (χ1) is 11.9. The molecule has 0 heterocycles. The van der Waals surface area contributed by atoms with Crippen LogP contribution in [0, 0.1) is 0 Å². The summed E-state index contributed by atoms with van der Waals surface area (Å²) in [6.45, 7) is 0.213. The van der Waals surface area contributed by atoms with Gasteiger partial charge in [-0.05, 0) is 18.2 Å². The summed E-state index contributed by atoms with van der Waals surface area (Å²) in [6.07, 6.45) is -0.515. The SMILES string of the molecule is CO[C@@H](CNC(=O)CCS(=O)(=O)c1ccccc1)c1ccccc1Cl. The number of amides is 1. The minimum Gasteiger partial charge on any atom is -0.375 e. The average molecular weight is 382 g/mol. The van der Waals surface area contributed by atoms with Gasteiger partial charge in [0.05, 0.1) is 10.6 Å². The number of hydrogen-bond donors (Lipinski definition) is 1. The van der Waals surface area contributed by atoms with Crippen LogP contribution in [0.5, 0.6) is 0 Å². The molecule has 1 atom stereocenters. The maximum Gasteiger partial charge on any atom is 0.221 e. The Morgan fingerprint density at radius 2 is 1.76 bits per heavy atom. The summed E-state index contributed by atoms with van der Waals surface area (Å²) in [4.78, 5) is 12.2. The zero-order valence-electron chi connectivity index (χ0n) is 13.8. The minimum atomic E-state index is -3.47. The predicted molar refractivity (Wildman–Crippen MR) is 97.3 cm³/mol. The van der Waals surface area contributed by atoms with Crippen LogP contribution in [0.1, 0.15) is 18.1 Å². The number of ether oxygens (including phenoxy) is 1. The lowest BCUT2D eigenvalue weighted by atomic mass is 10.1. The van der Waals surface area contributed by atoms with Gasteiger partial charge < -0.3 is 10.1 Å². The van der Waals surface area contributed by atoms with E-state index in [1.165, 1.54) is 19.2 Å². The highest BCUT2D eigenvalue weighted by molar-refractivity contribution is 7.91. The van der Waals surface area contributed by atoms with E-state index in [9.17, 15) is 13.2 Å². The van der Waals surface area contributed by atoms with E-state index >= 15 is 0 Å². The topological polar surface area (TPSA) is 72.5 Å². The lowest BCUT2D eigenvalue weighted by molar-refractivity contribution is -0.121. The van der Waals surface area contributed by atoms with Gasteiger partial charge in [0.2, 0.25) is 5.91 Å². The third kappa shape index (κ3) is 5.56. The Labute approximate surface area is 152 Å². The van der Waals surface area contributed by atoms with Crippen molar-refractivity contribution in [2.45, 2.75) is 17.4 Å². The molecule has 0 aliphatic heterocycles. The molecule has 0 aromatic heterocycles. The van der Waals surface area contributed by atoms with Gasteiger partial charge in [-0.25, -0.2) is 8.42 Å². The molecule has 0 spiro atoms. The summed E-state index contributed by atoms with van der Waals surface area (Å²) >= 11 is 6.13. The van der Waals surface area contributed by atoms with Crippen LogP contribution in [0.4, 0.5) is 0 Å². The molecule has 0 radical (unpaired) electrons. The van der Waals surface area contributed by atoms with Crippen molar-refractivity contribution >= 4 is 27.3 Å². The predicted octanol–water partition coefficient (Wildman–Crippen LogP) is 3.01. The lowest BCUT2D eigenvalue weighted by Crippen LogP contribution is -2.30. The molecule has 0 aliphatic rings. The first kappa shape index (κ1) is 19.4. The van der Waals surface area contributed by atoms with E-state index in [1.807, 2.05) is 18.2 Å². The van der Waals surface area contributed by atoms with Crippen LogP contribution in [0.15, 0.2) is 59.5 Å². The Hall–Kier alpha value is -1.89. The number of carbonyl (C=O) groups is 1. The van der Waals surface area contributed by atoms with Crippen LogP contribution in [0.3, 0.4) is 0 Å². The van der Waals surface area contributed by atoms with E-state index in [2.05, 4.69) is 5.32 Å². The van der Waals surface area contributed by atoms with E-state index in [4.69, 9.17) is 16.3 Å². The van der Waals surface area contributed by atoms with Gasteiger partial charge >= 0.3 is 0 Å². The fourth-order valence-corrected chi connectivity index (χ4v) is 3.84. The zero-order valence-corrected chi connectivity index (χ0v) is 15.4. The summed E-state index contributed by atoms with van der Waals surface area (Å²) in [5, 5.41) is 3.25. The van der Waals surface area contributed by atoms with Crippen LogP contribution in [0.25, 0.3) is 0 Å². The van der Waals surface area contributed by atoms with Crippen molar-refractivity contribution in [2.24, 2.45) is 0 Å². The maximum absolute atomic E-state index is 12.2. The molecule has 25 heavy (non-hydrogen) atoms. The van der Waals surface area contributed by atoms with Gasteiger partial charge in [-0.3, -0.25) is 4.79 Å². The molecule has 5 nitrogen and oxygen atoms in total. The quantitative estimate of drug-likeness (QED) is 0.762. The van der Waals surface area contributed by atoms with Crippen LogP contribution < -0.4 is 5.32 Å². The summed E-state index contributed by atoms with van der Waals surface area (Å²) in [7, 11) is -1.94. The molecule has 0 saturated carbocycles. The Bertz CT molecular complexity index is 809. The summed E-state index contributed by atoms with van der Waals surface area (Å²) in [6, 6.07) is 15.3. The van der Waals surface area contributed by atoms with Gasteiger partial charge in [0.25, 0.3) is 0 Å². The Morgan fingerprint density at radius 3 is 2.40 bits per heavy atom. The van der Waals surface area contributed by atoms with E-state index < -0.39 is 15.9 Å². The van der Waals surface area contributed by atoms with Gasteiger partial charge in [-0.2, -0.15) is 0 Å². The zero-order chi connectivity index (χ0) is 18.3. The minimum absolute atomic E-state index is 0.115. The molecule has 0 fully saturated rings. The lowest BCUT2D eigenvalue weighted by Gasteiger charge is -2.17. The monoisotopic (exact) mass is 381 g/mol. The van der Waals surface area contributed by atoms with Gasteiger partial charge in [-0.1, -0.05) is 48.0 Å². The molecule has 2 aromatic rings. The van der Waals surface area contributed by atoms with Gasteiger partial charge in [-0.15, -0.1) is 0 Å². The number of sulfone groups is 1. The van der Waals surface area contributed by atoms with Crippen molar-refractivity contribution in [3.63, 3.8) is 0 Å². The van der Waals surface area contributed by atoms with Gasteiger partial charge in [0.1, 0.15) is 6.10 Å². The average Bonchev–Trinajstić information content (AvgIpc) is 2.62. The van der Waals surface area contributed by atoms with Gasteiger partial charge in [0.15, 0.2) is 9.84 Å². The van der Waals surface area contributed by atoms with E-state index in [0.29, 0.717) is 5.02 Å². The highest BCUT2D eigenvalue weighted by atomic mass is 35.5. The number of benzene rings is 2. The second-order valence-electron chi connectivity index (χ2n) is 5.43. The number of carbonyl (C=O) groups excluding carboxylic acids is 1. The van der Waals surface area contributed by atoms with Crippen molar-refractivity contribution in [3.8, 4) is 0 Å². The fraction of sp³-hybridized carbons (Fsp3) is 0.278. The van der Waals surface area contributed by atoms with Gasteiger partial charge in [0, 0.05) is 30.7 Å². The standard InChI is InChI=1S/C18H20ClNO4S/c1-24-17(15-9-5-6-10-16(15)19)13-20-18(21)11-12-25(22,23)14-7-3-2-4-8-14/h2-10,17H,11-13H2,1H3,(H,20,21)/t17-/m0/s1. The molecule has 134 valence electrons. The van der Waals surface area contributed by atoms with Crippen molar-refractivity contribution in [1.82, 2.24) is 5.32 Å². The second-order valence-corrected chi connectivity index (χ2v) is 7.95. The highest BCUT2D eigenvalue weighted by Crippen LogP contribution is 2.24. The number of hydrogen-bond acceptors (Lipinski definition) is 4. The molecular formula is C18H20ClNO4S. The molecular weight excluding hydrogens is 362 g/mol. The largest absolute Gasteiger partial charge is 0.375 e. The molecule has 0 bridgehead atoms. The van der Waals surface area contributed by atoms with Crippen molar-refractivity contribution in [3.05, 3.63) is 65.2 Å². The number of halogens is 1. The molecule has 2 rings (SSSR count). The van der Waals surface area contributed by atoms with Crippen LogP contribution in [0.2, 0.25) is 5.02 Å². The highest BCUT2D eigenvalue weighted by Gasteiger charge is 2.18. The summed E-state index contributed by atoms with van der Waals surface area (Å²) in [5.41, 5.74) is 0.767. The molecule has 0 saturated heterocycles. The number of nitrogens with one attached hydrogen (secondary N) is 1. The van der Waals surface area contributed by atoms with Crippen molar-refractivity contribution in [1.29, 1.82) is 0 Å². The molecule has 1 N–H and O–H groups in total. The van der Waals surface area contributed by atoms with Crippen molar-refractivity contribution < 1.29 is 17.9 Å². The molecule has 1 amide bonds. The summed E-state index contributed by atoms with van der Waals surface area (Å²) < 4.78 is 29.7. The van der Waals surface area contributed by atoms with E-state index in [0.717, 1.165) is 5.56 Å². The molecule has 7 heteroatoms. The van der Waals surface area contributed by atoms with Crippen LogP contribution in [-0.2, 0) is 19.4 Å². The normalized spacial score (nSPS) is 12.6. The van der Waals surface area contributed by atoms with E-state index in [1.54, 1.807) is 24.3 Å². The van der Waals surface area contributed by atoms with E-state index in [-0.39, 0.29) is 29.5 Å². The third-order valence-corrected chi connectivity index (χ3v) is 5.80. The number of methoxy groups -OCH3 is 1. The summed E-state index contributed by atoms with van der Waals surface area (Å²) in [5.74, 6) is -0.597. The first-order valence-electron chi connectivity index (χ1n) is 7.76. The van der Waals surface area contributed by atoms with Crippen molar-refractivity contribution in [2.75, 3.05) is 19.4 Å². The molecule has 2 aromatic carbocycles. The first-order valence-corrected chi connectivity index (χ1v) is 9.79. The molecule has 0 aliphatic carbocycles. The Morgan fingerprint density at radius 1 is 1.12 bits per heavy atom. The third-order valence-electron chi connectivity index (χ3n) is 3.72. The second kappa shape index (κ2) is 8.99. The van der Waals surface area contributed by atoms with Crippen LogP contribution in [-0.4, -0.2) is 33.7 Å². The van der Waals surface area contributed by atoms with Crippen LogP contribution >= 0.6 is 11.6 Å². The smallest absolute Gasteiger partial charge is 0.221 e. The molecule has 0 unspecified atom stereocenters. The number of rotatable bonds is 8.